The van der Waals surface area contributed by atoms with Crippen molar-refractivity contribution < 1.29 is 14.7 Å². The first-order chi connectivity index (χ1) is 11.0. The molecule has 0 saturated heterocycles. The van der Waals surface area contributed by atoms with Gasteiger partial charge >= 0.3 is 0 Å². The smallest absolute Gasteiger partial charge is 0.250 e. The molecule has 3 atom stereocenters. The van der Waals surface area contributed by atoms with Crippen molar-refractivity contribution in [3.8, 4) is 0 Å². The second-order valence-corrected chi connectivity index (χ2v) is 6.17. The van der Waals surface area contributed by atoms with E-state index >= 15 is 0 Å². The summed E-state index contributed by atoms with van der Waals surface area (Å²) in [6, 6.07) is 3.38. The molecule has 1 saturated carbocycles. The quantitative estimate of drug-likeness (QED) is 0.735. The van der Waals surface area contributed by atoms with Crippen LogP contribution in [0.1, 0.15) is 61.0 Å². The van der Waals surface area contributed by atoms with E-state index in [0.29, 0.717) is 24.1 Å². The molecule has 0 radical (unpaired) electrons. The molecule has 6 heteroatoms. The number of pyridine rings is 1. The first-order valence-electron chi connectivity index (χ1n) is 8.23. The van der Waals surface area contributed by atoms with E-state index in [-0.39, 0.29) is 24.3 Å². The van der Waals surface area contributed by atoms with Crippen LogP contribution in [0.15, 0.2) is 18.3 Å². The summed E-state index contributed by atoms with van der Waals surface area (Å²) in [5.74, 6) is -0.552. The fraction of sp³-hybridized carbons (Fsp3) is 0.588. The molecule has 0 aromatic carbocycles. The number of rotatable bonds is 6. The van der Waals surface area contributed by atoms with Crippen molar-refractivity contribution in [2.45, 2.75) is 51.0 Å². The number of nitrogens with two attached hydrogens (primary N) is 1. The largest absolute Gasteiger partial charge is 0.391 e. The molecule has 1 fully saturated rings. The molecule has 1 aliphatic rings. The highest BCUT2D eigenvalue weighted by Crippen LogP contribution is 2.36. The van der Waals surface area contributed by atoms with E-state index in [2.05, 4.69) is 10.3 Å². The van der Waals surface area contributed by atoms with Crippen LogP contribution in [-0.2, 0) is 4.79 Å². The maximum absolute atomic E-state index is 12.3. The van der Waals surface area contributed by atoms with E-state index in [4.69, 9.17) is 5.73 Å². The molecule has 0 spiro atoms. The lowest BCUT2D eigenvalue weighted by Gasteiger charge is -2.29. The van der Waals surface area contributed by atoms with E-state index in [1.54, 1.807) is 18.3 Å². The number of aromatic nitrogens is 1. The van der Waals surface area contributed by atoms with Gasteiger partial charge in [0.25, 0.3) is 5.91 Å². The average molecular weight is 319 g/mol. The Bertz CT molecular complexity index is 562. The van der Waals surface area contributed by atoms with Crippen molar-refractivity contribution in [3.05, 3.63) is 29.6 Å². The second-order valence-electron chi connectivity index (χ2n) is 6.17. The van der Waals surface area contributed by atoms with Gasteiger partial charge in [0.15, 0.2) is 0 Å². The second kappa shape index (κ2) is 8.06. The van der Waals surface area contributed by atoms with Crippen LogP contribution in [0.4, 0.5) is 0 Å². The minimum absolute atomic E-state index is 0.0289. The Balaban J connectivity index is 2.04. The van der Waals surface area contributed by atoms with Crippen molar-refractivity contribution in [2.24, 2.45) is 11.7 Å². The number of primary amides is 1. The fourth-order valence-electron chi connectivity index (χ4n) is 3.13. The number of nitrogens with one attached hydrogen (secondary N) is 1. The van der Waals surface area contributed by atoms with E-state index in [9.17, 15) is 14.7 Å². The number of hydrogen-bond donors (Lipinski definition) is 3. The predicted molar refractivity (Wildman–Crippen MR) is 86.8 cm³/mol. The summed E-state index contributed by atoms with van der Waals surface area (Å²) >= 11 is 0. The van der Waals surface area contributed by atoms with Gasteiger partial charge in [-0.3, -0.25) is 14.6 Å². The Morgan fingerprint density at radius 1 is 1.48 bits per heavy atom. The topological polar surface area (TPSA) is 105 Å². The maximum Gasteiger partial charge on any atom is 0.250 e. The van der Waals surface area contributed by atoms with Crippen LogP contribution in [0.2, 0.25) is 0 Å². The third-order valence-corrected chi connectivity index (χ3v) is 4.52. The number of amides is 2. The van der Waals surface area contributed by atoms with Crippen LogP contribution in [0, 0.1) is 5.92 Å². The monoisotopic (exact) mass is 319 g/mol. The Kier molecular flexibility index (Phi) is 6.10. The van der Waals surface area contributed by atoms with Crippen LogP contribution in [-0.4, -0.2) is 34.6 Å². The third-order valence-electron chi connectivity index (χ3n) is 4.52. The summed E-state index contributed by atoms with van der Waals surface area (Å²) in [4.78, 5) is 28.2. The van der Waals surface area contributed by atoms with Crippen LogP contribution in [0.3, 0.4) is 0 Å². The van der Waals surface area contributed by atoms with E-state index in [1.807, 2.05) is 6.92 Å². The van der Waals surface area contributed by atoms with Crippen LogP contribution in [0.25, 0.3) is 0 Å². The van der Waals surface area contributed by atoms with E-state index in [1.165, 1.54) is 0 Å². The summed E-state index contributed by atoms with van der Waals surface area (Å²) in [7, 11) is 0. The number of carbonyl (C=O) groups excluding carboxylic acids is 2. The van der Waals surface area contributed by atoms with Gasteiger partial charge in [0, 0.05) is 24.6 Å². The van der Waals surface area contributed by atoms with Gasteiger partial charge < -0.3 is 16.2 Å². The molecule has 1 aromatic heterocycles. The zero-order valence-corrected chi connectivity index (χ0v) is 13.5. The lowest BCUT2D eigenvalue weighted by Crippen LogP contribution is -2.38. The fourth-order valence-corrected chi connectivity index (χ4v) is 3.13. The number of hydrogen-bond acceptors (Lipinski definition) is 4. The van der Waals surface area contributed by atoms with Crippen LogP contribution >= 0.6 is 0 Å². The highest BCUT2D eigenvalue weighted by molar-refractivity contribution is 5.94. The molecular formula is C17H25N3O3. The van der Waals surface area contributed by atoms with Crippen molar-refractivity contribution in [3.63, 3.8) is 0 Å². The van der Waals surface area contributed by atoms with Gasteiger partial charge in [0.1, 0.15) is 0 Å². The van der Waals surface area contributed by atoms with E-state index < -0.39 is 12.0 Å². The Labute approximate surface area is 136 Å². The van der Waals surface area contributed by atoms with Gasteiger partial charge in [-0.1, -0.05) is 13.3 Å². The third kappa shape index (κ3) is 4.51. The molecule has 3 unspecified atom stereocenters. The summed E-state index contributed by atoms with van der Waals surface area (Å²) in [6.45, 7) is 2.16. The normalized spacial score (nSPS) is 22.3. The Morgan fingerprint density at radius 2 is 2.26 bits per heavy atom. The maximum atomic E-state index is 12.3. The molecule has 23 heavy (non-hydrogen) atoms. The molecule has 0 bridgehead atoms. The number of aliphatic hydroxyl groups is 1. The first kappa shape index (κ1) is 17.4. The highest BCUT2D eigenvalue weighted by atomic mass is 16.3. The van der Waals surface area contributed by atoms with Gasteiger partial charge in [0.05, 0.1) is 17.4 Å². The van der Waals surface area contributed by atoms with Gasteiger partial charge in [-0.2, -0.15) is 0 Å². The Morgan fingerprint density at radius 3 is 2.96 bits per heavy atom. The first-order valence-corrected chi connectivity index (χ1v) is 8.23. The molecule has 1 heterocycles. The minimum Gasteiger partial charge on any atom is -0.391 e. The van der Waals surface area contributed by atoms with Crippen molar-refractivity contribution in [2.75, 3.05) is 6.54 Å². The molecule has 0 aliphatic heterocycles. The number of nitrogens with zero attached hydrogens (tertiary/aromatic N) is 1. The molecule has 4 N–H and O–H groups in total. The predicted octanol–water partition coefficient (Wildman–Crippen LogP) is 1.34. The molecule has 2 amide bonds. The van der Waals surface area contributed by atoms with Crippen molar-refractivity contribution >= 4 is 11.8 Å². The lowest BCUT2D eigenvalue weighted by atomic mass is 9.78. The average Bonchev–Trinajstić information content (AvgIpc) is 2.59. The van der Waals surface area contributed by atoms with Crippen LogP contribution in [0.5, 0.6) is 0 Å². The highest BCUT2D eigenvalue weighted by Gasteiger charge is 2.30. The van der Waals surface area contributed by atoms with Gasteiger partial charge in [-0.15, -0.1) is 0 Å². The van der Waals surface area contributed by atoms with Crippen LogP contribution < -0.4 is 11.1 Å². The summed E-state index contributed by atoms with van der Waals surface area (Å²) in [5, 5.41) is 12.4. The van der Waals surface area contributed by atoms with Gasteiger partial charge in [-0.25, -0.2) is 0 Å². The lowest BCUT2D eigenvalue weighted by molar-refractivity contribution is -0.126. The minimum atomic E-state index is -0.504. The zero-order chi connectivity index (χ0) is 16.8. The van der Waals surface area contributed by atoms with Gasteiger partial charge in [0.2, 0.25) is 5.91 Å². The summed E-state index contributed by atoms with van der Waals surface area (Å²) < 4.78 is 0. The molecule has 126 valence electrons. The summed E-state index contributed by atoms with van der Waals surface area (Å²) in [5.41, 5.74) is 6.57. The molecular weight excluding hydrogens is 294 g/mol. The number of carbonyl (C=O) groups is 2. The molecule has 6 nitrogen and oxygen atoms in total. The van der Waals surface area contributed by atoms with Crippen molar-refractivity contribution in [1.29, 1.82) is 0 Å². The molecule has 1 aromatic rings. The number of aliphatic hydroxyl groups excluding tert-OH is 1. The zero-order valence-electron chi connectivity index (χ0n) is 13.5. The standard InChI is InChI=1S/C17H25N3O3/c1-2-13(21)10-20-17(23)12-6-3-5-11(9-12)15-14(16(18)22)7-4-8-19-15/h4,7-8,11-13,21H,2-3,5-6,9-10H2,1H3,(H2,18,22)(H,20,23). The van der Waals surface area contributed by atoms with E-state index in [0.717, 1.165) is 19.3 Å². The summed E-state index contributed by atoms with van der Waals surface area (Å²) in [6.07, 6.45) is 5.06. The Hall–Kier alpha value is -1.95. The van der Waals surface area contributed by atoms with Crippen molar-refractivity contribution in [1.82, 2.24) is 10.3 Å². The SMILES string of the molecule is CCC(O)CNC(=O)C1CCCC(c2ncccc2C(N)=O)C1. The van der Waals surface area contributed by atoms with Gasteiger partial charge in [-0.05, 0) is 37.8 Å². The molecule has 1 aliphatic carbocycles. The molecule has 2 rings (SSSR count).